The Kier molecular flexibility index (Phi) is 9.61. The molecule has 0 aliphatic rings. The molecule has 2 rings (SSSR count). The smallest absolute Gasteiger partial charge is 0.308 e. The summed E-state index contributed by atoms with van der Waals surface area (Å²) in [6.45, 7) is 5.78. The first-order chi connectivity index (χ1) is 14.7. The van der Waals surface area contributed by atoms with Gasteiger partial charge < -0.3 is 20.9 Å². The van der Waals surface area contributed by atoms with Crippen LogP contribution in [0, 0.1) is 11.8 Å². The first-order valence-electron chi connectivity index (χ1n) is 10.5. The van der Waals surface area contributed by atoms with E-state index in [4.69, 9.17) is 10.5 Å². The van der Waals surface area contributed by atoms with E-state index in [9.17, 15) is 14.7 Å². The predicted octanol–water partition coefficient (Wildman–Crippen LogP) is 3.09. The van der Waals surface area contributed by atoms with Gasteiger partial charge in [0.1, 0.15) is 16.8 Å². The molecule has 0 aliphatic carbocycles. The Hall–Kier alpha value is -2.29. The van der Waals surface area contributed by atoms with Gasteiger partial charge in [0, 0.05) is 17.5 Å². The Morgan fingerprint density at radius 1 is 1.19 bits per heavy atom. The van der Waals surface area contributed by atoms with Crippen molar-refractivity contribution in [2.75, 3.05) is 7.11 Å². The van der Waals surface area contributed by atoms with Crippen molar-refractivity contribution in [1.82, 2.24) is 10.3 Å². The lowest BCUT2D eigenvalue weighted by molar-refractivity contribution is -0.145. The van der Waals surface area contributed by atoms with Crippen LogP contribution in [-0.4, -0.2) is 41.2 Å². The Labute approximate surface area is 188 Å². The predicted molar refractivity (Wildman–Crippen MR) is 122 cm³/mol. The van der Waals surface area contributed by atoms with Gasteiger partial charge in [0.25, 0.3) is 5.91 Å². The minimum absolute atomic E-state index is 0.147. The van der Waals surface area contributed by atoms with E-state index in [0.717, 1.165) is 5.56 Å². The molecule has 0 aliphatic heterocycles. The number of amides is 1. The van der Waals surface area contributed by atoms with Crippen molar-refractivity contribution in [3.8, 4) is 0 Å². The van der Waals surface area contributed by atoms with Gasteiger partial charge in [-0.2, -0.15) is 0 Å². The fourth-order valence-corrected chi connectivity index (χ4v) is 4.05. The van der Waals surface area contributed by atoms with Crippen LogP contribution in [0.2, 0.25) is 0 Å². The summed E-state index contributed by atoms with van der Waals surface area (Å²) in [6, 6.07) is 9.36. The zero-order valence-electron chi connectivity index (χ0n) is 18.6. The zero-order chi connectivity index (χ0) is 23.0. The van der Waals surface area contributed by atoms with Crippen LogP contribution in [0.25, 0.3) is 0 Å². The molecule has 4 atom stereocenters. The van der Waals surface area contributed by atoms with E-state index in [1.54, 1.807) is 12.3 Å². The first-order valence-corrected chi connectivity index (χ1v) is 11.4. The number of ether oxygens (including phenoxy) is 1. The number of esters is 1. The Morgan fingerprint density at radius 2 is 1.87 bits per heavy atom. The first kappa shape index (κ1) is 25.0. The maximum absolute atomic E-state index is 12.8. The average Bonchev–Trinajstić information content (AvgIpc) is 3.24. The Balaban J connectivity index is 2.08. The molecule has 0 saturated heterocycles. The quantitative estimate of drug-likeness (QED) is 0.456. The molecule has 1 amide bonds. The van der Waals surface area contributed by atoms with Crippen LogP contribution in [0.15, 0.2) is 35.7 Å². The summed E-state index contributed by atoms with van der Waals surface area (Å²) < 4.78 is 4.83. The molecule has 0 fully saturated rings. The average molecular weight is 448 g/mol. The number of hydrogen-bond acceptors (Lipinski definition) is 7. The summed E-state index contributed by atoms with van der Waals surface area (Å²) >= 11 is 1.24. The van der Waals surface area contributed by atoms with Crippen molar-refractivity contribution in [2.24, 2.45) is 17.6 Å². The highest BCUT2D eigenvalue weighted by Crippen LogP contribution is 2.24. The summed E-state index contributed by atoms with van der Waals surface area (Å²) in [7, 11) is 1.36. The highest BCUT2D eigenvalue weighted by molar-refractivity contribution is 7.09. The normalized spacial score (nSPS) is 15.2. The number of hydrogen-bond donors (Lipinski definition) is 3. The summed E-state index contributed by atoms with van der Waals surface area (Å²) in [5.41, 5.74) is 7.35. The van der Waals surface area contributed by atoms with Crippen molar-refractivity contribution in [2.45, 2.75) is 58.2 Å². The minimum Gasteiger partial charge on any atom is -0.469 e. The molecule has 0 unspecified atom stereocenters. The largest absolute Gasteiger partial charge is 0.469 e. The molecule has 0 bridgehead atoms. The van der Waals surface area contributed by atoms with Gasteiger partial charge in [-0.25, -0.2) is 4.98 Å². The van der Waals surface area contributed by atoms with E-state index in [1.807, 2.05) is 44.2 Å². The van der Waals surface area contributed by atoms with E-state index >= 15 is 0 Å². The summed E-state index contributed by atoms with van der Waals surface area (Å²) in [4.78, 5) is 29.1. The highest BCUT2D eigenvalue weighted by Gasteiger charge is 2.24. The van der Waals surface area contributed by atoms with Gasteiger partial charge in [-0.1, -0.05) is 51.1 Å². The number of nitrogens with two attached hydrogens (primary N) is 1. The second kappa shape index (κ2) is 11.9. The van der Waals surface area contributed by atoms with Crippen LogP contribution in [0.1, 0.15) is 60.8 Å². The molecule has 7 nitrogen and oxygen atoms in total. The maximum atomic E-state index is 12.8. The molecule has 0 spiro atoms. The lowest BCUT2D eigenvalue weighted by Crippen LogP contribution is -2.39. The number of nitrogens with zero attached hydrogens (tertiary/aromatic N) is 1. The molecule has 1 aromatic carbocycles. The second-order valence-electron chi connectivity index (χ2n) is 8.25. The second-order valence-corrected chi connectivity index (χ2v) is 9.14. The molecular formula is C23H33N3O4S. The number of carbonyl (C=O) groups is 2. The number of benzene rings is 1. The molecule has 2 aromatic rings. The SMILES string of the molecule is COC(=O)[C@@H](C)C[C@H](Cc1ccccc1)NC(=O)c1csc([C@H](O)C[C@@H](N)C(C)C)n1. The molecule has 1 aromatic heterocycles. The molecule has 8 heteroatoms. The molecule has 0 radical (unpaired) electrons. The number of carbonyl (C=O) groups excluding carboxylic acids is 2. The number of nitrogens with one attached hydrogen (secondary N) is 1. The van der Waals surface area contributed by atoms with Gasteiger partial charge in [-0.15, -0.1) is 11.3 Å². The van der Waals surface area contributed by atoms with Crippen LogP contribution >= 0.6 is 11.3 Å². The number of aliphatic hydroxyl groups is 1. The van der Waals surface area contributed by atoms with Crippen LogP contribution in [0.5, 0.6) is 0 Å². The minimum atomic E-state index is -0.802. The van der Waals surface area contributed by atoms with Gasteiger partial charge in [0.05, 0.1) is 13.0 Å². The molecule has 31 heavy (non-hydrogen) atoms. The number of rotatable bonds is 11. The van der Waals surface area contributed by atoms with E-state index in [2.05, 4.69) is 10.3 Å². The third kappa shape index (κ3) is 7.72. The summed E-state index contributed by atoms with van der Waals surface area (Å²) in [5, 5.41) is 15.5. The molecule has 170 valence electrons. The lowest BCUT2D eigenvalue weighted by atomic mass is 9.96. The third-order valence-corrected chi connectivity index (χ3v) is 6.24. The van der Waals surface area contributed by atoms with Gasteiger partial charge in [-0.3, -0.25) is 9.59 Å². The monoisotopic (exact) mass is 447 g/mol. The topological polar surface area (TPSA) is 115 Å². The fourth-order valence-electron chi connectivity index (χ4n) is 3.25. The van der Waals surface area contributed by atoms with Gasteiger partial charge in [0.2, 0.25) is 0 Å². The maximum Gasteiger partial charge on any atom is 0.308 e. The van der Waals surface area contributed by atoms with Gasteiger partial charge >= 0.3 is 5.97 Å². The fraction of sp³-hybridized carbons (Fsp3) is 0.522. The number of methoxy groups -OCH3 is 1. The zero-order valence-corrected chi connectivity index (χ0v) is 19.4. The van der Waals surface area contributed by atoms with Crippen LogP contribution < -0.4 is 11.1 Å². The highest BCUT2D eigenvalue weighted by atomic mass is 32.1. The number of thiazole rings is 1. The number of aliphatic hydroxyl groups excluding tert-OH is 1. The van der Waals surface area contributed by atoms with Gasteiger partial charge in [-0.05, 0) is 30.7 Å². The molecular weight excluding hydrogens is 414 g/mol. The van der Waals surface area contributed by atoms with Crippen molar-refractivity contribution in [3.05, 3.63) is 52.0 Å². The molecule has 4 N–H and O–H groups in total. The lowest BCUT2D eigenvalue weighted by Gasteiger charge is -2.21. The van der Waals surface area contributed by atoms with Crippen molar-refractivity contribution in [3.63, 3.8) is 0 Å². The van der Waals surface area contributed by atoms with Crippen LogP contribution in [0.4, 0.5) is 0 Å². The Bertz CT molecular complexity index is 840. The number of aromatic nitrogens is 1. The van der Waals surface area contributed by atoms with Gasteiger partial charge in [0.15, 0.2) is 0 Å². The van der Waals surface area contributed by atoms with E-state index in [0.29, 0.717) is 24.3 Å². The van der Waals surface area contributed by atoms with Crippen LogP contribution in [-0.2, 0) is 16.0 Å². The van der Waals surface area contributed by atoms with Crippen molar-refractivity contribution < 1.29 is 19.4 Å². The summed E-state index contributed by atoms with van der Waals surface area (Å²) in [6.07, 6.45) is 0.607. The van der Waals surface area contributed by atoms with Crippen LogP contribution in [0.3, 0.4) is 0 Å². The van der Waals surface area contributed by atoms with E-state index in [-0.39, 0.29) is 41.5 Å². The molecule has 0 saturated carbocycles. The van der Waals surface area contributed by atoms with Crippen molar-refractivity contribution >= 4 is 23.2 Å². The third-order valence-electron chi connectivity index (χ3n) is 5.29. The standard InChI is InChI=1S/C23H33N3O4S/c1-14(2)18(24)12-20(27)22-26-19(13-31-22)21(28)25-17(10-15(3)23(29)30-4)11-16-8-6-5-7-9-16/h5-9,13-15,17-18,20,27H,10-12,24H2,1-4H3,(H,25,28)/t15-,17+,18+,20+/m0/s1. The van der Waals surface area contributed by atoms with Crippen molar-refractivity contribution in [1.29, 1.82) is 0 Å². The Morgan fingerprint density at radius 3 is 2.48 bits per heavy atom. The summed E-state index contributed by atoms with van der Waals surface area (Å²) in [5.74, 6) is -0.758. The van der Waals surface area contributed by atoms with E-state index in [1.165, 1.54) is 18.4 Å². The van der Waals surface area contributed by atoms with E-state index < -0.39 is 6.10 Å². The molecule has 1 heterocycles.